The topological polar surface area (TPSA) is 52.8 Å². The molecule has 0 atom stereocenters. The molecule has 0 bridgehead atoms. The van der Waals surface area contributed by atoms with Crippen LogP contribution in [0.3, 0.4) is 0 Å². The van der Waals surface area contributed by atoms with Crippen molar-refractivity contribution in [2.24, 2.45) is 7.05 Å². The number of halogens is 4. The van der Waals surface area contributed by atoms with Crippen LogP contribution in [0.4, 0.5) is 13.2 Å². The van der Waals surface area contributed by atoms with E-state index in [2.05, 4.69) is 15.0 Å². The Hall–Kier alpha value is -2.61. The molecule has 0 N–H and O–H groups in total. The van der Waals surface area contributed by atoms with Crippen LogP contribution in [-0.2, 0) is 19.8 Å². The maximum absolute atomic E-state index is 12.7. The van der Waals surface area contributed by atoms with Gasteiger partial charge in [-0.2, -0.15) is 18.2 Å². The summed E-state index contributed by atoms with van der Waals surface area (Å²) in [5.41, 5.74) is 0.480. The number of aromatic nitrogens is 4. The fourth-order valence-electron chi connectivity index (χ4n) is 2.18. The highest BCUT2D eigenvalue weighted by atomic mass is 35.5. The molecule has 0 aliphatic rings. The van der Waals surface area contributed by atoms with E-state index in [-0.39, 0.29) is 17.7 Å². The SMILES string of the molecule is Cn1cc(C(F)(F)F)nc1-c1ccc(COc2ccnc(Cl)n2)cc1. The Labute approximate surface area is 146 Å². The van der Waals surface area contributed by atoms with Gasteiger partial charge < -0.3 is 9.30 Å². The van der Waals surface area contributed by atoms with Gasteiger partial charge in [0.1, 0.15) is 12.4 Å². The number of nitrogens with zero attached hydrogens (tertiary/aromatic N) is 4. The lowest BCUT2D eigenvalue weighted by atomic mass is 10.1. The number of rotatable bonds is 4. The Morgan fingerprint density at radius 2 is 1.84 bits per heavy atom. The Morgan fingerprint density at radius 3 is 2.44 bits per heavy atom. The number of hydrogen-bond acceptors (Lipinski definition) is 4. The summed E-state index contributed by atoms with van der Waals surface area (Å²) in [7, 11) is 1.52. The molecule has 0 fully saturated rings. The van der Waals surface area contributed by atoms with Crippen molar-refractivity contribution < 1.29 is 17.9 Å². The Balaban J connectivity index is 1.73. The lowest BCUT2D eigenvalue weighted by molar-refractivity contribution is -0.140. The first kappa shape index (κ1) is 17.2. The van der Waals surface area contributed by atoms with E-state index in [4.69, 9.17) is 16.3 Å². The second kappa shape index (κ2) is 6.72. The van der Waals surface area contributed by atoms with Crippen molar-refractivity contribution in [2.45, 2.75) is 12.8 Å². The van der Waals surface area contributed by atoms with Crippen molar-refractivity contribution in [1.29, 1.82) is 0 Å². The summed E-state index contributed by atoms with van der Waals surface area (Å²) >= 11 is 5.67. The molecule has 3 aromatic rings. The van der Waals surface area contributed by atoms with E-state index in [0.717, 1.165) is 11.8 Å². The van der Waals surface area contributed by atoms with E-state index in [1.807, 2.05) is 0 Å². The van der Waals surface area contributed by atoms with Gasteiger partial charge in [0, 0.05) is 31.1 Å². The monoisotopic (exact) mass is 368 g/mol. The van der Waals surface area contributed by atoms with Gasteiger partial charge in [-0.3, -0.25) is 0 Å². The second-order valence-corrected chi connectivity index (χ2v) is 5.55. The van der Waals surface area contributed by atoms with E-state index in [0.29, 0.717) is 11.4 Å². The quantitative estimate of drug-likeness (QED) is 0.650. The van der Waals surface area contributed by atoms with Crippen molar-refractivity contribution in [3.8, 4) is 17.3 Å². The summed E-state index contributed by atoms with van der Waals surface area (Å²) in [5, 5.41) is 0.0862. The molecule has 2 aromatic heterocycles. The molecule has 0 saturated heterocycles. The molecule has 0 saturated carbocycles. The fraction of sp³-hybridized carbons (Fsp3) is 0.188. The average molecular weight is 369 g/mol. The maximum atomic E-state index is 12.7. The van der Waals surface area contributed by atoms with Crippen LogP contribution in [0.1, 0.15) is 11.3 Å². The number of imidazole rings is 1. The predicted octanol–water partition coefficient (Wildman–Crippen LogP) is 4.13. The summed E-state index contributed by atoms with van der Waals surface area (Å²) in [4.78, 5) is 11.3. The third kappa shape index (κ3) is 4.08. The van der Waals surface area contributed by atoms with E-state index in [1.54, 1.807) is 30.3 Å². The van der Waals surface area contributed by atoms with Crippen LogP contribution < -0.4 is 4.74 Å². The highest BCUT2D eigenvalue weighted by Crippen LogP contribution is 2.30. The molecule has 0 amide bonds. The zero-order chi connectivity index (χ0) is 18.0. The van der Waals surface area contributed by atoms with Crippen LogP contribution >= 0.6 is 11.6 Å². The van der Waals surface area contributed by atoms with E-state index in [1.165, 1.54) is 17.8 Å². The van der Waals surface area contributed by atoms with Crippen molar-refractivity contribution >= 4 is 11.6 Å². The van der Waals surface area contributed by atoms with Gasteiger partial charge in [0.25, 0.3) is 0 Å². The van der Waals surface area contributed by atoms with Crippen molar-refractivity contribution in [2.75, 3.05) is 0 Å². The molecule has 0 radical (unpaired) electrons. The van der Waals surface area contributed by atoms with Crippen LogP contribution in [0.15, 0.2) is 42.7 Å². The van der Waals surface area contributed by atoms with Gasteiger partial charge in [0.15, 0.2) is 5.69 Å². The first-order valence-electron chi connectivity index (χ1n) is 7.14. The number of hydrogen-bond donors (Lipinski definition) is 0. The number of benzene rings is 1. The Morgan fingerprint density at radius 1 is 1.12 bits per heavy atom. The standard InChI is InChI=1S/C16H12ClF3N4O/c1-24-8-12(16(18,19)20)22-14(24)11-4-2-10(3-5-11)9-25-13-6-7-21-15(17)23-13/h2-8H,9H2,1H3. The van der Waals surface area contributed by atoms with E-state index < -0.39 is 11.9 Å². The van der Waals surface area contributed by atoms with Crippen LogP contribution in [0.5, 0.6) is 5.88 Å². The minimum absolute atomic E-state index is 0.0862. The Kier molecular flexibility index (Phi) is 4.63. The van der Waals surface area contributed by atoms with E-state index >= 15 is 0 Å². The molecule has 5 nitrogen and oxygen atoms in total. The molecule has 0 aliphatic carbocycles. The molecule has 2 heterocycles. The third-order valence-corrected chi connectivity index (χ3v) is 3.55. The zero-order valence-corrected chi connectivity index (χ0v) is 13.7. The molecule has 130 valence electrons. The molecule has 0 spiro atoms. The number of ether oxygens (including phenoxy) is 1. The minimum atomic E-state index is -4.47. The van der Waals surface area contributed by atoms with Crippen molar-refractivity contribution in [3.05, 3.63) is 59.3 Å². The summed E-state index contributed by atoms with van der Waals surface area (Å²) in [5.74, 6) is 0.574. The summed E-state index contributed by atoms with van der Waals surface area (Å²) in [6.45, 7) is 0.238. The Bertz CT molecular complexity index is 878. The normalized spacial score (nSPS) is 11.6. The van der Waals surface area contributed by atoms with Gasteiger partial charge in [-0.25, -0.2) is 9.97 Å². The molecule has 9 heteroatoms. The summed E-state index contributed by atoms with van der Waals surface area (Å²) in [6, 6.07) is 8.45. The molecule has 1 aromatic carbocycles. The minimum Gasteiger partial charge on any atom is -0.473 e. The molecular formula is C16H12ClF3N4O. The predicted molar refractivity (Wildman–Crippen MR) is 85.0 cm³/mol. The van der Waals surface area contributed by atoms with Gasteiger partial charge in [-0.15, -0.1) is 0 Å². The van der Waals surface area contributed by atoms with Crippen LogP contribution in [0.25, 0.3) is 11.4 Å². The smallest absolute Gasteiger partial charge is 0.434 e. The third-order valence-electron chi connectivity index (χ3n) is 3.37. The largest absolute Gasteiger partial charge is 0.473 e. The van der Waals surface area contributed by atoms with Gasteiger partial charge in [-0.1, -0.05) is 24.3 Å². The molecule has 3 rings (SSSR count). The lowest BCUT2D eigenvalue weighted by Crippen LogP contribution is -2.04. The highest BCUT2D eigenvalue weighted by Gasteiger charge is 2.34. The van der Waals surface area contributed by atoms with E-state index in [9.17, 15) is 13.2 Å². The number of alkyl halides is 3. The van der Waals surface area contributed by atoms with Gasteiger partial charge in [-0.05, 0) is 17.2 Å². The van der Waals surface area contributed by atoms with Crippen LogP contribution in [0, 0.1) is 0 Å². The summed E-state index contributed by atoms with van der Waals surface area (Å²) in [6.07, 6.45) is -2.03. The van der Waals surface area contributed by atoms with Gasteiger partial charge >= 0.3 is 6.18 Å². The van der Waals surface area contributed by atoms with Crippen LogP contribution in [0.2, 0.25) is 5.28 Å². The van der Waals surface area contributed by atoms with Gasteiger partial charge in [0.05, 0.1) is 0 Å². The van der Waals surface area contributed by atoms with Crippen LogP contribution in [-0.4, -0.2) is 19.5 Å². The summed E-state index contributed by atoms with van der Waals surface area (Å²) < 4.78 is 45.0. The fourth-order valence-corrected chi connectivity index (χ4v) is 2.32. The molecule has 0 aliphatic heterocycles. The van der Waals surface area contributed by atoms with Crippen molar-refractivity contribution in [3.63, 3.8) is 0 Å². The van der Waals surface area contributed by atoms with Crippen molar-refractivity contribution in [1.82, 2.24) is 19.5 Å². The molecule has 25 heavy (non-hydrogen) atoms. The first-order valence-corrected chi connectivity index (χ1v) is 7.52. The second-order valence-electron chi connectivity index (χ2n) is 5.21. The maximum Gasteiger partial charge on any atom is 0.434 e. The lowest BCUT2D eigenvalue weighted by Gasteiger charge is -2.06. The molecular weight excluding hydrogens is 357 g/mol. The first-order chi connectivity index (χ1) is 11.8. The zero-order valence-electron chi connectivity index (χ0n) is 13.0. The highest BCUT2D eigenvalue weighted by molar-refractivity contribution is 6.28. The number of aryl methyl sites for hydroxylation is 1. The average Bonchev–Trinajstić information content (AvgIpc) is 2.96. The molecule has 0 unspecified atom stereocenters. The van der Waals surface area contributed by atoms with Gasteiger partial charge in [0.2, 0.25) is 11.2 Å².